The molecule has 0 radical (unpaired) electrons. The van der Waals surface area contributed by atoms with Gasteiger partial charge < -0.3 is 20.3 Å². The summed E-state index contributed by atoms with van der Waals surface area (Å²) in [6.45, 7) is 10.4. The van der Waals surface area contributed by atoms with E-state index in [1.807, 2.05) is 98.8 Å². The zero-order valence-electron chi connectivity index (χ0n) is 36.7. The van der Waals surface area contributed by atoms with Gasteiger partial charge >= 0.3 is 0 Å². The first-order valence-electron chi connectivity index (χ1n) is 21.9. The van der Waals surface area contributed by atoms with E-state index in [2.05, 4.69) is 56.0 Å². The normalized spacial score (nSPS) is 14.0. The van der Waals surface area contributed by atoms with E-state index in [0.717, 1.165) is 82.4 Å². The zero-order chi connectivity index (χ0) is 44.1. The number of carbonyl (C=O) groups excluding carboxylic acids is 2. The van der Waals surface area contributed by atoms with Crippen molar-refractivity contribution in [2.24, 2.45) is 0 Å². The lowest BCUT2D eigenvalue weighted by Crippen LogP contribution is -2.24. The van der Waals surface area contributed by atoms with Crippen LogP contribution in [0, 0.1) is 32.1 Å². The molecule has 6 aromatic rings. The van der Waals surface area contributed by atoms with Crippen LogP contribution in [-0.2, 0) is 0 Å². The number of amides is 2. The van der Waals surface area contributed by atoms with Gasteiger partial charge in [0, 0.05) is 47.9 Å². The van der Waals surface area contributed by atoms with Crippen molar-refractivity contribution in [3.63, 3.8) is 0 Å². The number of pyridine rings is 1. The van der Waals surface area contributed by atoms with E-state index in [-0.39, 0.29) is 11.8 Å². The largest absolute Gasteiger partial charge is 0.496 e. The van der Waals surface area contributed by atoms with Crippen LogP contribution in [0.4, 0.5) is 17.2 Å². The van der Waals surface area contributed by atoms with Crippen LogP contribution in [0.2, 0.25) is 0 Å². The summed E-state index contributed by atoms with van der Waals surface area (Å²) >= 11 is 1.79. The Balaban J connectivity index is 0.000000189. The maximum atomic E-state index is 13.0. The number of piperidine rings is 1. The predicted octanol–water partition coefficient (Wildman–Crippen LogP) is 12.3. The van der Waals surface area contributed by atoms with Gasteiger partial charge in [-0.25, -0.2) is 9.29 Å². The minimum Gasteiger partial charge on any atom is -0.496 e. The molecule has 0 aliphatic carbocycles. The van der Waals surface area contributed by atoms with Gasteiger partial charge in [-0.1, -0.05) is 55.7 Å². The van der Waals surface area contributed by atoms with E-state index < -0.39 is 0 Å². The topological polar surface area (TPSA) is 111 Å². The first kappa shape index (κ1) is 44.6. The number of methoxy groups -OCH3 is 1. The fourth-order valence-corrected chi connectivity index (χ4v) is 9.09. The number of hydrogen-bond donors (Lipinski definition) is 2. The van der Waals surface area contributed by atoms with Gasteiger partial charge in [-0.05, 0) is 176 Å². The molecule has 10 heteroatoms. The highest BCUT2D eigenvalue weighted by atomic mass is 32.2. The number of nitrogens with one attached hydrogen (secondary N) is 2. The summed E-state index contributed by atoms with van der Waals surface area (Å²) in [5.74, 6) is 1.58. The van der Waals surface area contributed by atoms with E-state index >= 15 is 0 Å². The molecule has 8 rings (SSSR count). The summed E-state index contributed by atoms with van der Waals surface area (Å²) in [6.07, 6.45) is 10.6. The fraction of sp³-hybridized carbons (Fsp3) is 0.283. The summed E-state index contributed by atoms with van der Waals surface area (Å²) < 4.78 is 7.79. The molecule has 1 aromatic heterocycles. The van der Waals surface area contributed by atoms with Crippen molar-refractivity contribution in [1.82, 2.24) is 9.29 Å². The molecule has 63 heavy (non-hydrogen) atoms. The maximum Gasteiger partial charge on any atom is 0.255 e. The van der Waals surface area contributed by atoms with Crippen molar-refractivity contribution >= 4 is 41.0 Å². The molecule has 3 heterocycles. The molecule has 0 spiro atoms. The van der Waals surface area contributed by atoms with Gasteiger partial charge in [0.05, 0.1) is 30.6 Å². The molecule has 2 amide bonds. The third kappa shape index (κ3) is 11.7. The van der Waals surface area contributed by atoms with Crippen LogP contribution in [0.15, 0.2) is 126 Å². The minimum atomic E-state index is -0.138. The molecule has 322 valence electrons. The fourth-order valence-electron chi connectivity index (χ4n) is 8.09. The summed E-state index contributed by atoms with van der Waals surface area (Å²) in [7, 11) is 1.67. The number of nitrogens with zero attached hydrogens (tertiary/aromatic N) is 4. The molecule has 0 bridgehead atoms. The second kappa shape index (κ2) is 21.6. The van der Waals surface area contributed by atoms with Crippen molar-refractivity contribution in [2.75, 3.05) is 48.8 Å². The van der Waals surface area contributed by atoms with Gasteiger partial charge in [0.15, 0.2) is 0 Å². The Bertz CT molecular complexity index is 2540. The molecule has 2 fully saturated rings. The van der Waals surface area contributed by atoms with Gasteiger partial charge in [0.25, 0.3) is 11.8 Å². The highest BCUT2D eigenvalue weighted by Gasteiger charge is 2.16. The quantitative estimate of drug-likeness (QED) is 0.131. The van der Waals surface area contributed by atoms with Gasteiger partial charge in [-0.15, -0.1) is 0 Å². The average molecular weight is 857 g/mol. The Morgan fingerprint density at radius 3 is 2.00 bits per heavy atom. The molecule has 2 N–H and O–H groups in total. The van der Waals surface area contributed by atoms with Crippen LogP contribution in [0.25, 0.3) is 22.3 Å². The van der Waals surface area contributed by atoms with Gasteiger partial charge in [0.2, 0.25) is 0 Å². The Kier molecular flexibility index (Phi) is 15.3. The van der Waals surface area contributed by atoms with Gasteiger partial charge in [-0.3, -0.25) is 9.59 Å². The number of hydrogen-bond acceptors (Lipinski definition) is 8. The van der Waals surface area contributed by atoms with Crippen molar-refractivity contribution in [3.8, 4) is 34.1 Å². The monoisotopic (exact) mass is 856 g/mol. The molecule has 2 aliphatic rings. The maximum absolute atomic E-state index is 13.0. The van der Waals surface area contributed by atoms with Crippen molar-refractivity contribution in [1.29, 1.82) is 5.26 Å². The third-order valence-electron chi connectivity index (χ3n) is 11.7. The Hall–Kier alpha value is -6.41. The molecule has 2 aliphatic heterocycles. The number of anilines is 3. The second-order valence-corrected chi connectivity index (χ2v) is 17.4. The number of carbonyl (C=O) groups is 2. The van der Waals surface area contributed by atoms with E-state index in [9.17, 15) is 9.59 Å². The molecule has 0 atom stereocenters. The zero-order valence-corrected chi connectivity index (χ0v) is 37.6. The predicted molar refractivity (Wildman–Crippen MR) is 258 cm³/mol. The van der Waals surface area contributed by atoms with E-state index in [4.69, 9.17) is 10.00 Å². The number of rotatable bonds is 10. The Morgan fingerprint density at radius 1 is 0.667 bits per heavy atom. The number of aryl methyl sites for hydroxylation is 2. The minimum absolute atomic E-state index is 0.121. The summed E-state index contributed by atoms with van der Waals surface area (Å²) in [6, 6.07) is 39.2. The number of nitriles is 1. The van der Waals surface area contributed by atoms with Crippen LogP contribution in [0.5, 0.6) is 5.75 Å². The highest BCUT2D eigenvalue weighted by Crippen LogP contribution is 2.31. The van der Waals surface area contributed by atoms with E-state index in [0.29, 0.717) is 22.4 Å². The summed E-state index contributed by atoms with van der Waals surface area (Å²) in [5, 5.41) is 15.0. The molecule has 9 nitrogen and oxygen atoms in total. The average Bonchev–Trinajstić information content (AvgIpc) is 3.61. The van der Waals surface area contributed by atoms with Crippen LogP contribution in [0.1, 0.15) is 87.9 Å². The SMILES string of the molecule is COc1ccc(-c2cc(C(=O)Nc3ccc(N4CCCCCC4)nc3)ccc2C)cc1C.Cc1c(C(=O)Nc2ccc(SN3CCCCC3)cc2)cccc1-c1ccc(C#N)cc1. The van der Waals surface area contributed by atoms with Crippen LogP contribution >= 0.6 is 11.9 Å². The standard InChI is InChI=1S/C27H31N3O2.C26H25N3OS/c1-19-8-9-22(17-24(19)21-10-12-25(32-3)20(2)16-21)27(31)29-23-11-13-26(28-18-23)30-14-6-4-5-7-15-30;1-19-24(21-10-8-20(18-27)9-11-21)6-5-7-25(19)26(30)28-22-12-14-23(15-13-22)31-29-16-3-2-4-17-29/h8-13,16-18H,4-7,14-15H2,1-3H3,(H,29,31);5-15H,2-4,16-17H2,1H3,(H,28,30). The van der Waals surface area contributed by atoms with Gasteiger partial charge in [-0.2, -0.15) is 5.26 Å². The highest BCUT2D eigenvalue weighted by molar-refractivity contribution is 7.97. The van der Waals surface area contributed by atoms with Crippen LogP contribution in [0.3, 0.4) is 0 Å². The lowest BCUT2D eigenvalue weighted by atomic mass is 9.95. The van der Waals surface area contributed by atoms with Gasteiger partial charge in [0.1, 0.15) is 11.6 Å². The summed E-state index contributed by atoms with van der Waals surface area (Å²) in [5.41, 5.74) is 10.6. The molecule has 0 saturated carbocycles. The molecule has 5 aromatic carbocycles. The number of aromatic nitrogens is 1. The molecule has 0 unspecified atom stereocenters. The number of benzene rings is 5. The number of ether oxygens (including phenoxy) is 1. The third-order valence-corrected chi connectivity index (χ3v) is 12.8. The smallest absolute Gasteiger partial charge is 0.255 e. The lowest BCUT2D eigenvalue weighted by Gasteiger charge is -2.25. The van der Waals surface area contributed by atoms with E-state index in [1.54, 1.807) is 37.4 Å². The first-order chi connectivity index (χ1) is 30.7. The second-order valence-electron chi connectivity index (χ2n) is 16.2. The first-order valence-corrected chi connectivity index (χ1v) is 22.7. The van der Waals surface area contributed by atoms with Crippen molar-refractivity contribution in [2.45, 2.75) is 70.6 Å². The van der Waals surface area contributed by atoms with Crippen molar-refractivity contribution in [3.05, 3.63) is 155 Å². The van der Waals surface area contributed by atoms with E-state index in [1.165, 1.54) is 49.8 Å². The molecule has 2 saturated heterocycles. The molecular formula is C53H56N6O3S. The lowest BCUT2D eigenvalue weighted by molar-refractivity contribution is 0.101. The van der Waals surface area contributed by atoms with Crippen LogP contribution in [-0.4, -0.2) is 54.4 Å². The van der Waals surface area contributed by atoms with Crippen LogP contribution < -0.4 is 20.3 Å². The molecular weight excluding hydrogens is 801 g/mol. The van der Waals surface area contributed by atoms with Crippen molar-refractivity contribution < 1.29 is 14.3 Å². The Labute approximate surface area is 376 Å². The Morgan fingerprint density at radius 2 is 1.33 bits per heavy atom. The summed E-state index contributed by atoms with van der Waals surface area (Å²) in [4.78, 5) is 34.0.